The summed E-state index contributed by atoms with van der Waals surface area (Å²) in [7, 11) is 2.57. The van der Waals surface area contributed by atoms with Crippen molar-refractivity contribution in [3.05, 3.63) is 121 Å². The summed E-state index contributed by atoms with van der Waals surface area (Å²) in [5.41, 5.74) is 12.4. The Balaban J connectivity index is 0.000000185. The molecule has 0 radical (unpaired) electrons. The molecule has 0 unspecified atom stereocenters. The molecule has 0 spiro atoms. The molecule has 8 N–H and O–H groups in total. The van der Waals surface area contributed by atoms with Gasteiger partial charge in [0.25, 0.3) is 0 Å². The van der Waals surface area contributed by atoms with Crippen LogP contribution in [0.2, 0.25) is 0 Å². The van der Waals surface area contributed by atoms with Gasteiger partial charge >= 0.3 is 12.2 Å². The molecular formula is C66H74N18O6. The summed E-state index contributed by atoms with van der Waals surface area (Å²) in [5.74, 6) is 2.86. The smallest absolute Gasteiger partial charge is 0.407 e. The predicted octanol–water partition coefficient (Wildman–Crippen LogP) is 10.1. The van der Waals surface area contributed by atoms with Crippen LogP contribution in [0.15, 0.2) is 97.3 Å². The zero-order valence-corrected chi connectivity index (χ0v) is 51.3. The quantitative estimate of drug-likeness (QED) is 0.0502. The third-order valence-corrected chi connectivity index (χ3v) is 17.8. The fourth-order valence-electron chi connectivity index (χ4n) is 12.9. The van der Waals surface area contributed by atoms with Gasteiger partial charge in [0.05, 0.1) is 107 Å². The van der Waals surface area contributed by atoms with Gasteiger partial charge in [-0.15, -0.1) is 20.4 Å². The van der Waals surface area contributed by atoms with Gasteiger partial charge in [0, 0.05) is 46.1 Å². The van der Waals surface area contributed by atoms with E-state index in [1.54, 1.807) is 16.0 Å². The van der Waals surface area contributed by atoms with Crippen molar-refractivity contribution >= 4 is 67.9 Å². The zero-order valence-electron chi connectivity index (χ0n) is 51.3. The number of aromatic nitrogens is 12. The summed E-state index contributed by atoms with van der Waals surface area (Å²) >= 11 is 0. The van der Waals surface area contributed by atoms with Crippen molar-refractivity contribution in [2.24, 2.45) is 11.8 Å². The minimum Gasteiger partial charge on any atom is -0.453 e. The summed E-state index contributed by atoms with van der Waals surface area (Å²) in [6, 6.07) is 27.2. The van der Waals surface area contributed by atoms with Crippen molar-refractivity contribution in [1.82, 2.24) is 91.3 Å². The van der Waals surface area contributed by atoms with E-state index in [1.807, 2.05) is 76.4 Å². The van der Waals surface area contributed by atoms with E-state index in [2.05, 4.69) is 114 Å². The lowest BCUT2D eigenvalue weighted by Crippen LogP contribution is -2.51. The maximum Gasteiger partial charge on any atom is 0.407 e. The Labute approximate surface area is 518 Å². The Morgan fingerprint density at radius 2 is 0.944 bits per heavy atom. The molecule has 4 aromatic carbocycles. The molecule has 0 aliphatic carbocycles. The summed E-state index contributed by atoms with van der Waals surface area (Å²) in [5, 5.41) is 32.6. The van der Waals surface area contributed by atoms with E-state index in [0.717, 1.165) is 141 Å². The van der Waals surface area contributed by atoms with E-state index in [0.29, 0.717) is 48.0 Å². The number of amides is 4. The van der Waals surface area contributed by atoms with Crippen molar-refractivity contribution in [2.45, 2.75) is 115 Å². The first-order valence-corrected chi connectivity index (χ1v) is 31.2. The minimum absolute atomic E-state index is 0.120. The topological polar surface area (TPSA) is 308 Å². The minimum atomic E-state index is -0.708. The second-order valence-corrected chi connectivity index (χ2v) is 24.5. The second-order valence-electron chi connectivity index (χ2n) is 24.5. The number of rotatable bonds is 14. The molecule has 4 aliphatic heterocycles. The Morgan fingerprint density at radius 1 is 0.489 bits per heavy atom. The number of methoxy groups -OCH3 is 2. The Hall–Kier alpha value is -9.68. The number of carbonyl (C=O) groups excluding carboxylic acids is 4. The lowest BCUT2D eigenvalue weighted by atomic mass is 10.0. The number of imidazole rings is 4. The first-order valence-electron chi connectivity index (χ1n) is 31.2. The number of carbonyl (C=O) groups is 4. The highest BCUT2D eigenvalue weighted by Crippen LogP contribution is 2.37. The van der Waals surface area contributed by atoms with Crippen LogP contribution in [0.4, 0.5) is 9.59 Å². The highest BCUT2D eigenvalue weighted by molar-refractivity contribution is 5.91. The number of nitrogens with one attached hydrogen (secondary N) is 8. The van der Waals surface area contributed by atoms with Crippen molar-refractivity contribution in [3.63, 3.8) is 0 Å². The van der Waals surface area contributed by atoms with Crippen LogP contribution in [0.3, 0.4) is 0 Å². The Kier molecular flexibility index (Phi) is 16.8. The number of alkyl carbamates (subject to hydrolysis) is 2. The third kappa shape index (κ3) is 12.1. The normalized spacial score (nSPS) is 19.1. The van der Waals surface area contributed by atoms with Crippen LogP contribution in [-0.4, -0.2) is 147 Å². The standard InChI is InChI=1S/C40H48N10O6.C26H26N8/c1-21(2)33(45-39(53)55-5)37(51)49-15-7-9-31(49)35-41-20-30(44-35)25-12-11-23-17-27(47-48-28(23)18-25)24-13-14-26-29(19-24)43-36(42-26)32-10-8-16-50(32)38(52)34(22(3)4)46-40(54)56-6;1-3-19(27-9-1)25-29-14-24(32-25)17-6-5-15-11-21(33-34-22(15)12-17)16-7-8-18-23(13-16)31-26(30-18)20-4-2-10-28-20/h11-14,17-22,31-34H,7-10,15-16H2,1-6H3,(H,41,44)(H,42,43)(H,45,53)(H,46,54);5-8,11-14,19-20,27-28H,1-4,9-10H2,(H,29,32)(H,30,31)/t31-,32-,33-,34-;19-,20-/m00/s1. The van der Waals surface area contributed by atoms with Crippen LogP contribution in [0.5, 0.6) is 0 Å². The number of aromatic amines is 4. The maximum absolute atomic E-state index is 13.6. The number of hydrogen-bond donors (Lipinski definition) is 8. The molecule has 0 saturated carbocycles. The first-order chi connectivity index (χ1) is 43.7. The molecule has 0 bridgehead atoms. The van der Waals surface area contributed by atoms with E-state index in [4.69, 9.17) is 19.4 Å². The van der Waals surface area contributed by atoms with Gasteiger partial charge in [0.1, 0.15) is 35.4 Å². The molecule has 24 nitrogen and oxygen atoms in total. The number of hydrogen-bond acceptors (Lipinski definition) is 16. The van der Waals surface area contributed by atoms with E-state index >= 15 is 0 Å². The molecule has 14 rings (SSSR count). The molecule has 464 valence electrons. The largest absolute Gasteiger partial charge is 0.453 e. The molecule has 10 aromatic rings. The first kappa shape index (κ1) is 59.3. The van der Waals surface area contributed by atoms with Gasteiger partial charge in [-0.25, -0.2) is 29.5 Å². The van der Waals surface area contributed by atoms with Crippen LogP contribution in [0.25, 0.3) is 88.9 Å². The molecule has 6 atom stereocenters. The van der Waals surface area contributed by atoms with E-state index in [-0.39, 0.29) is 35.7 Å². The van der Waals surface area contributed by atoms with Crippen molar-refractivity contribution in [1.29, 1.82) is 0 Å². The summed E-state index contributed by atoms with van der Waals surface area (Å²) in [6.07, 6.45) is 10.2. The fraction of sp³-hybridized carbons (Fsp3) is 0.394. The molecule has 6 aromatic heterocycles. The molecule has 10 heterocycles. The Bertz CT molecular complexity index is 4290. The van der Waals surface area contributed by atoms with Crippen LogP contribution in [-0.2, 0) is 19.1 Å². The van der Waals surface area contributed by atoms with Gasteiger partial charge in [-0.3, -0.25) is 9.59 Å². The van der Waals surface area contributed by atoms with E-state index in [9.17, 15) is 19.2 Å². The Morgan fingerprint density at radius 3 is 1.43 bits per heavy atom. The van der Waals surface area contributed by atoms with Crippen molar-refractivity contribution in [3.8, 4) is 45.0 Å². The average molecular weight is 1220 g/mol. The van der Waals surface area contributed by atoms with Gasteiger partial charge < -0.3 is 60.5 Å². The molecule has 4 amide bonds. The van der Waals surface area contributed by atoms with Gasteiger partial charge in [0.15, 0.2) is 0 Å². The summed E-state index contributed by atoms with van der Waals surface area (Å²) in [4.78, 5) is 87.5. The molecule has 24 heteroatoms. The van der Waals surface area contributed by atoms with Gasteiger partial charge in [-0.05, 0) is 125 Å². The molecule has 90 heavy (non-hydrogen) atoms. The lowest BCUT2D eigenvalue weighted by molar-refractivity contribution is -0.136. The molecule has 4 saturated heterocycles. The van der Waals surface area contributed by atoms with Crippen LogP contribution in [0, 0.1) is 11.8 Å². The number of nitrogens with zero attached hydrogens (tertiary/aromatic N) is 10. The number of ether oxygens (including phenoxy) is 2. The van der Waals surface area contributed by atoms with Crippen LogP contribution < -0.4 is 21.3 Å². The lowest BCUT2D eigenvalue weighted by Gasteiger charge is -2.30. The highest BCUT2D eigenvalue weighted by atomic mass is 16.5. The van der Waals surface area contributed by atoms with Gasteiger partial charge in [-0.2, -0.15) is 0 Å². The third-order valence-electron chi connectivity index (χ3n) is 17.8. The summed E-state index contributed by atoms with van der Waals surface area (Å²) in [6.45, 7) is 10.8. The molecule has 4 fully saturated rings. The predicted molar refractivity (Wildman–Crippen MR) is 340 cm³/mol. The average Bonchev–Trinajstić information content (AvgIpc) is 2.03. The zero-order chi connectivity index (χ0) is 62.2. The van der Waals surface area contributed by atoms with Crippen molar-refractivity contribution in [2.75, 3.05) is 40.4 Å². The van der Waals surface area contributed by atoms with Crippen LogP contribution in [0.1, 0.15) is 127 Å². The monoisotopic (exact) mass is 1210 g/mol. The van der Waals surface area contributed by atoms with Gasteiger partial charge in [-0.1, -0.05) is 64.1 Å². The number of H-pyrrole nitrogens is 4. The van der Waals surface area contributed by atoms with E-state index < -0.39 is 24.3 Å². The molecule has 4 aliphatic rings. The highest BCUT2D eigenvalue weighted by Gasteiger charge is 2.39. The van der Waals surface area contributed by atoms with Crippen molar-refractivity contribution < 1.29 is 28.7 Å². The fourth-order valence-corrected chi connectivity index (χ4v) is 12.9. The number of fused-ring (bicyclic) bond motifs is 4. The maximum atomic E-state index is 13.6. The number of benzene rings is 4. The number of likely N-dealkylation sites (tertiary alicyclic amines) is 2. The van der Waals surface area contributed by atoms with E-state index in [1.165, 1.54) is 27.1 Å². The van der Waals surface area contributed by atoms with Crippen LogP contribution >= 0.6 is 0 Å². The second kappa shape index (κ2) is 25.4. The SMILES string of the molecule is COC(=O)N[C@H](C(=O)N1CCC[C@H]1c1ncc(-c2ccc3cc(-c4ccc5nc([C@@H]6CCCN6C(=O)[C@@H](NC(=O)OC)C(C)C)[nH]c5c4)nnc3c2)[nH]1)C(C)C.c1cc2nc([C@@H]3CCCN3)[nH]c2cc1-c1cc2ccc(-c3cnc([C@@H]4CCCN4)[nH]3)cc2nn1. The summed E-state index contributed by atoms with van der Waals surface area (Å²) < 4.78 is 9.52. The van der Waals surface area contributed by atoms with Gasteiger partial charge in [0.2, 0.25) is 11.8 Å². The molecular weight excluding hydrogens is 1140 g/mol.